The molecular weight excluding hydrogens is 302 g/mol. The predicted octanol–water partition coefficient (Wildman–Crippen LogP) is 3.12. The van der Waals surface area contributed by atoms with Crippen LogP contribution in [0.4, 0.5) is 0 Å². The molecule has 0 aliphatic heterocycles. The first kappa shape index (κ1) is 17.3. The highest BCUT2D eigenvalue weighted by molar-refractivity contribution is 5.80. The van der Waals surface area contributed by atoms with Gasteiger partial charge in [0.05, 0.1) is 6.26 Å². The summed E-state index contributed by atoms with van der Waals surface area (Å²) in [6.45, 7) is 2.59. The Morgan fingerprint density at radius 3 is 2.88 bits per heavy atom. The number of furan rings is 1. The Kier molecular flexibility index (Phi) is 6.18. The molecule has 1 aromatic rings. The van der Waals surface area contributed by atoms with E-state index in [4.69, 9.17) is 14.1 Å². The topological polar surface area (TPSA) is 58.8 Å². The molecular formula is C19H31N3O2. The highest BCUT2D eigenvalue weighted by atomic mass is 16.5. The average Bonchev–Trinajstić information content (AvgIpc) is 2.98. The van der Waals surface area contributed by atoms with Crippen LogP contribution in [0.5, 0.6) is 0 Å². The summed E-state index contributed by atoms with van der Waals surface area (Å²) < 4.78 is 10.7. The summed E-state index contributed by atoms with van der Waals surface area (Å²) in [5.41, 5.74) is 0.390. The Labute approximate surface area is 145 Å². The Morgan fingerprint density at radius 1 is 1.38 bits per heavy atom. The lowest BCUT2D eigenvalue weighted by Gasteiger charge is -2.19. The summed E-state index contributed by atoms with van der Waals surface area (Å²) in [7, 11) is 1.78. The van der Waals surface area contributed by atoms with Gasteiger partial charge in [-0.2, -0.15) is 0 Å². The molecule has 3 rings (SSSR count). The first-order valence-electron chi connectivity index (χ1n) is 9.36. The maximum absolute atomic E-state index is 5.40. The molecule has 0 amide bonds. The molecule has 2 aliphatic rings. The highest BCUT2D eigenvalue weighted by Gasteiger charge is 2.41. The van der Waals surface area contributed by atoms with Crippen LogP contribution in [0.25, 0.3) is 0 Å². The van der Waals surface area contributed by atoms with E-state index in [9.17, 15) is 0 Å². The molecule has 0 spiro atoms. The number of hydrogen-bond acceptors (Lipinski definition) is 3. The Hall–Kier alpha value is -1.49. The molecule has 0 atom stereocenters. The second-order valence-corrected chi connectivity index (χ2v) is 7.29. The van der Waals surface area contributed by atoms with Crippen LogP contribution >= 0.6 is 0 Å². The van der Waals surface area contributed by atoms with E-state index in [2.05, 4.69) is 10.6 Å². The van der Waals surface area contributed by atoms with E-state index in [1.807, 2.05) is 12.1 Å². The van der Waals surface area contributed by atoms with Crippen molar-refractivity contribution < 1.29 is 9.15 Å². The van der Waals surface area contributed by atoms with Gasteiger partial charge in [0.2, 0.25) is 0 Å². The van der Waals surface area contributed by atoms with Gasteiger partial charge in [-0.25, -0.2) is 0 Å². The zero-order valence-electron chi connectivity index (χ0n) is 14.9. The van der Waals surface area contributed by atoms with Crippen LogP contribution in [0, 0.1) is 5.41 Å². The minimum atomic E-state index is 0.390. The number of ether oxygens (including phenoxy) is 1. The summed E-state index contributed by atoms with van der Waals surface area (Å²) in [6.07, 6.45) is 11.5. The molecule has 24 heavy (non-hydrogen) atoms. The lowest BCUT2D eigenvalue weighted by atomic mass is 10.0. The molecule has 0 saturated heterocycles. The van der Waals surface area contributed by atoms with Crippen molar-refractivity contribution in [1.82, 2.24) is 10.6 Å². The largest absolute Gasteiger partial charge is 0.469 e. The van der Waals surface area contributed by atoms with E-state index in [0.717, 1.165) is 44.3 Å². The van der Waals surface area contributed by atoms with Gasteiger partial charge in [0, 0.05) is 39.3 Å². The standard InChI is InChI=1S/C19H31N3O2/c1-23-14-11-19(9-10-19)15-21-18(22-16-5-2-3-6-16)20-12-8-17-7-4-13-24-17/h4,7,13,16H,2-3,5-6,8-12,14-15H2,1H3,(H2,20,21,22). The van der Waals surface area contributed by atoms with Gasteiger partial charge in [0.1, 0.15) is 5.76 Å². The molecule has 2 fully saturated rings. The van der Waals surface area contributed by atoms with Crippen LogP contribution in [0.2, 0.25) is 0 Å². The van der Waals surface area contributed by atoms with Crippen molar-refractivity contribution in [2.45, 2.75) is 57.4 Å². The normalized spacial score (nSPS) is 20.3. The van der Waals surface area contributed by atoms with Crippen LogP contribution in [0.15, 0.2) is 27.8 Å². The molecule has 1 aromatic heterocycles. The zero-order valence-corrected chi connectivity index (χ0v) is 14.9. The highest BCUT2D eigenvalue weighted by Crippen LogP contribution is 2.48. The third-order valence-corrected chi connectivity index (χ3v) is 5.31. The molecule has 2 aliphatic carbocycles. The number of methoxy groups -OCH3 is 1. The van der Waals surface area contributed by atoms with Gasteiger partial charge < -0.3 is 19.8 Å². The lowest BCUT2D eigenvalue weighted by molar-refractivity contribution is 0.174. The van der Waals surface area contributed by atoms with Crippen molar-refractivity contribution in [1.29, 1.82) is 0 Å². The number of hydrogen-bond donors (Lipinski definition) is 2. The van der Waals surface area contributed by atoms with Gasteiger partial charge in [-0.15, -0.1) is 0 Å². The average molecular weight is 333 g/mol. The van der Waals surface area contributed by atoms with Crippen molar-refractivity contribution in [2.24, 2.45) is 10.4 Å². The molecule has 0 aromatic carbocycles. The second kappa shape index (κ2) is 8.56. The fraction of sp³-hybridized carbons (Fsp3) is 0.737. The van der Waals surface area contributed by atoms with Gasteiger partial charge in [0.25, 0.3) is 0 Å². The van der Waals surface area contributed by atoms with Crippen molar-refractivity contribution in [2.75, 3.05) is 26.8 Å². The van der Waals surface area contributed by atoms with Gasteiger partial charge in [-0.05, 0) is 49.7 Å². The van der Waals surface area contributed by atoms with Crippen LogP contribution < -0.4 is 10.6 Å². The zero-order chi connectivity index (χ0) is 16.7. The molecule has 1 heterocycles. The number of nitrogens with one attached hydrogen (secondary N) is 2. The van der Waals surface area contributed by atoms with Crippen LogP contribution in [0.1, 0.15) is 50.7 Å². The van der Waals surface area contributed by atoms with Crippen LogP contribution in [-0.2, 0) is 11.2 Å². The number of rotatable bonds is 9. The van der Waals surface area contributed by atoms with Crippen LogP contribution in [-0.4, -0.2) is 38.8 Å². The minimum Gasteiger partial charge on any atom is -0.469 e. The van der Waals surface area contributed by atoms with E-state index in [1.54, 1.807) is 13.4 Å². The second-order valence-electron chi connectivity index (χ2n) is 7.29. The molecule has 2 saturated carbocycles. The van der Waals surface area contributed by atoms with Crippen molar-refractivity contribution >= 4 is 5.96 Å². The quantitative estimate of drug-likeness (QED) is 0.538. The third-order valence-electron chi connectivity index (χ3n) is 5.31. The molecule has 5 heteroatoms. The monoisotopic (exact) mass is 333 g/mol. The fourth-order valence-corrected chi connectivity index (χ4v) is 3.40. The number of aliphatic imine (C=N–C) groups is 1. The Balaban J connectivity index is 1.51. The van der Waals surface area contributed by atoms with E-state index < -0.39 is 0 Å². The fourth-order valence-electron chi connectivity index (χ4n) is 3.40. The predicted molar refractivity (Wildman–Crippen MR) is 96.3 cm³/mol. The molecule has 0 bridgehead atoms. The number of nitrogens with zero attached hydrogens (tertiary/aromatic N) is 1. The van der Waals surface area contributed by atoms with E-state index in [0.29, 0.717) is 11.5 Å². The molecule has 0 unspecified atom stereocenters. The van der Waals surface area contributed by atoms with E-state index in [1.165, 1.54) is 38.5 Å². The van der Waals surface area contributed by atoms with Crippen molar-refractivity contribution in [3.05, 3.63) is 24.2 Å². The van der Waals surface area contributed by atoms with Gasteiger partial charge in [-0.3, -0.25) is 4.99 Å². The van der Waals surface area contributed by atoms with Gasteiger partial charge in [0.15, 0.2) is 5.96 Å². The Morgan fingerprint density at radius 2 is 2.21 bits per heavy atom. The first-order valence-corrected chi connectivity index (χ1v) is 9.36. The maximum Gasteiger partial charge on any atom is 0.191 e. The summed E-state index contributed by atoms with van der Waals surface area (Å²) in [6, 6.07) is 4.54. The smallest absolute Gasteiger partial charge is 0.191 e. The molecule has 134 valence electrons. The van der Waals surface area contributed by atoms with Gasteiger partial charge in [-0.1, -0.05) is 12.8 Å². The third kappa shape index (κ3) is 5.26. The number of guanidine groups is 1. The summed E-state index contributed by atoms with van der Waals surface area (Å²) >= 11 is 0. The van der Waals surface area contributed by atoms with Gasteiger partial charge >= 0.3 is 0 Å². The molecule has 2 N–H and O–H groups in total. The SMILES string of the molecule is COCCC1(CN=C(NCCc2ccco2)NC2CCCC2)CC1. The maximum atomic E-state index is 5.40. The molecule has 0 radical (unpaired) electrons. The molecule has 5 nitrogen and oxygen atoms in total. The van der Waals surface area contributed by atoms with Crippen molar-refractivity contribution in [3.8, 4) is 0 Å². The summed E-state index contributed by atoms with van der Waals surface area (Å²) in [5.74, 6) is 1.98. The Bertz CT molecular complexity index is 503. The summed E-state index contributed by atoms with van der Waals surface area (Å²) in [5, 5.41) is 7.12. The first-order chi connectivity index (χ1) is 11.8. The minimum absolute atomic E-state index is 0.390. The van der Waals surface area contributed by atoms with E-state index >= 15 is 0 Å². The van der Waals surface area contributed by atoms with Crippen LogP contribution in [0.3, 0.4) is 0 Å². The lowest BCUT2D eigenvalue weighted by Crippen LogP contribution is -2.43. The van der Waals surface area contributed by atoms with Crippen molar-refractivity contribution in [3.63, 3.8) is 0 Å². The van der Waals surface area contributed by atoms with E-state index in [-0.39, 0.29) is 0 Å². The summed E-state index contributed by atoms with van der Waals surface area (Å²) in [4.78, 5) is 4.90.